The number of nitrogens with one attached hydrogen (secondary N) is 1. The van der Waals surface area contributed by atoms with E-state index in [1.807, 2.05) is 20.8 Å². The van der Waals surface area contributed by atoms with Crippen LogP contribution in [0.25, 0.3) is 0 Å². The largest absolute Gasteiger partial charge is 0.349 e. The van der Waals surface area contributed by atoms with Crippen molar-refractivity contribution in [2.24, 2.45) is 0 Å². The number of hydrogen-bond acceptors (Lipinski definition) is 5. The lowest BCUT2D eigenvalue weighted by atomic mass is 10.1. The molecule has 6 nitrogen and oxygen atoms in total. The van der Waals surface area contributed by atoms with Crippen molar-refractivity contribution in [1.29, 1.82) is 0 Å². The predicted octanol–water partition coefficient (Wildman–Crippen LogP) is 0.0921. The fourth-order valence-electron chi connectivity index (χ4n) is 3.05. The molecule has 21 heavy (non-hydrogen) atoms. The van der Waals surface area contributed by atoms with E-state index in [0.717, 1.165) is 39.3 Å². The van der Waals surface area contributed by atoms with E-state index in [1.165, 1.54) is 0 Å². The third-order valence-electron chi connectivity index (χ3n) is 4.38. The molecule has 0 spiro atoms. The lowest BCUT2D eigenvalue weighted by Crippen LogP contribution is -2.64. The first kappa shape index (κ1) is 14.5. The molecule has 0 bridgehead atoms. The van der Waals surface area contributed by atoms with Crippen LogP contribution in [-0.2, 0) is 5.54 Å². The summed E-state index contributed by atoms with van der Waals surface area (Å²) < 4.78 is 1.77. The van der Waals surface area contributed by atoms with Gasteiger partial charge in [0.25, 0.3) is 5.56 Å². The molecule has 116 valence electrons. The summed E-state index contributed by atoms with van der Waals surface area (Å²) in [6.45, 7) is 12.3. The molecule has 2 fully saturated rings. The zero-order valence-corrected chi connectivity index (χ0v) is 13.2. The molecule has 0 atom stereocenters. The highest BCUT2D eigenvalue weighted by Gasteiger charge is 2.34. The van der Waals surface area contributed by atoms with E-state index in [0.29, 0.717) is 11.9 Å². The van der Waals surface area contributed by atoms with Gasteiger partial charge in [-0.2, -0.15) is 0 Å². The van der Waals surface area contributed by atoms with Crippen LogP contribution in [0, 0.1) is 0 Å². The van der Waals surface area contributed by atoms with Gasteiger partial charge in [0, 0.05) is 63.2 Å². The van der Waals surface area contributed by atoms with E-state index in [-0.39, 0.29) is 11.1 Å². The van der Waals surface area contributed by atoms with Crippen LogP contribution in [-0.4, -0.2) is 59.8 Å². The van der Waals surface area contributed by atoms with Gasteiger partial charge in [0.2, 0.25) is 0 Å². The highest BCUT2D eigenvalue weighted by atomic mass is 16.1. The monoisotopic (exact) mass is 291 g/mol. The Morgan fingerprint density at radius 3 is 2.52 bits per heavy atom. The fraction of sp³-hybridized carbons (Fsp3) is 0.733. The zero-order valence-electron chi connectivity index (χ0n) is 13.2. The molecule has 6 heteroatoms. The lowest BCUT2D eigenvalue weighted by Gasteiger charge is -2.47. The minimum Gasteiger partial charge on any atom is -0.349 e. The van der Waals surface area contributed by atoms with Crippen molar-refractivity contribution < 1.29 is 0 Å². The van der Waals surface area contributed by atoms with Crippen molar-refractivity contribution in [3.8, 4) is 0 Å². The Morgan fingerprint density at radius 1 is 1.24 bits per heavy atom. The molecule has 0 unspecified atom stereocenters. The molecule has 1 N–H and O–H groups in total. The normalized spacial score (nSPS) is 21.4. The second-order valence-electron chi connectivity index (χ2n) is 6.94. The van der Waals surface area contributed by atoms with Gasteiger partial charge in [-0.05, 0) is 20.8 Å². The van der Waals surface area contributed by atoms with Gasteiger partial charge in [-0.25, -0.2) is 4.98 Å². The smallest absolute Gasteiger partial charge is 0.293 e. The molecule has 0 amide bonds. The Balaban J connectivity index is 1.71. The van der Waals surface area contributed by atoms with Crippen molar-refractivity contribution >= 4 is 5.82 Å². The summed E-state index contributed by atoms with van der Waals surface area (Å²) in [4.78, 5) is 21.5. The number of piperazine rings is 1. The summed E-state index contributed by atoms with van der Waals surface area (Å²) >= 11 is 0. The molecule has 0 aromatic carbocycles. The highest BCUT2D eigenvalue weighted by Crippen LogP contribution is 2.20. The second kappa shape index (κ2) is 5.42. The fourth-order valence-corrected chi connectivity index (χ4v) is 3.05. The van der Waals surface area contributed by atoms with Crippen LogP contribution in [0.4, 0.5) is 5.82 Å². The van der Waals surface area contributed by atoms with Crippen molar-refractivity contribution in [1.82, 2.24) is 19.8 Å². The Morgan fingerprint density at radius 2 is 1.90 bits per heavy atom. The van der Waals surface area contributed by atoms with Crippen LogP contribution in [0.1, 0.15) is 20.8 Å². The van der Waals surface area contributed by atoms with Crippen molar-refractivity contribution in [2.75, 3.05) is 44.2 Å². The number of anilines is 1. The molecule has 1 aromatic heterocycles. The van der Waals surface area contributed by atoms with E-state index in [2.05, 4.69) is 20.1 Å². The van der Waals surface area contributed by atoms with E-state index >= 15 is 0 Å². The standard InChI is InChI=1S/C15H25N5O/c1-15(2,3)20-9-6-17-13(14(20)21)19-10-12(11-19)18-7-4-16-5-8-18/h6,9,12,16H,4-5,7-8,10-11H2,1-3H3. The van der Waals surface area contributed by atoms with Crippen LogP contribution >= 0.6 is 0 Å². The summed E-state index contributed by atoms with van der Waals surface area (Å²) in [6.07, 6.45) is 3.51. The predicted molar refractivity (Wildman–Crippen MR) is 83.9 cm³/mol. The summed E-state index contributed by atoms with van der Waals surface area (Å²) in [7, 11) is 0. The minimum absolute atomic E-state index is 0.0174. The molecular weight excluding hydrogens is 266 g/mol. The molecular formula is C15H25N5O. The summed E-state index contributed by atoms with van der Waals surface area (Å²) in [6, 6.07) is 0.566. The number of rotatable bonds is 2. The molecule has 3 heterocycles. The van der Waals surface area contributed by atoms with Crippen LogP contribution < -0.4 is 15.8 Å². The number of hydrogen-bond donors (Lipinski definition) is 1. The third kappa shape index (κ3) is 2.82. The SMILES string of the molecule is CC(C)(C)n1ccnc(N2CC(N3CCNCC3)C2)c1=O. The number of aromatic nitrogens is 2. The zero-order chi connectivity index (χ0) is 15.0. The van der Waals surface area contributed by atoms with Crippen LogP contribution in [0.2, 0.25) is 0 Å². The van der Waals surface area contributed by atoms with Crippen molar-refractivity contribution in [3.63, 3.8) is 0 Å². The Bertz CT molecular complexity index is 550. The molecule has 0 radical (unpaired) electrons. The molecule has 3 rings (SSSR count). The maximum absolute atomic E-state index is 12.6. The van der Waals surface area contributed by atoms with Gasteiger partial charge in [-0.3, -0.25) is 9.69 Å². The Labute approximate surface area is 125 Å². The molecule has 1 aromatic rings. The second-order valence-corrected chi connectivity index (χ2v) is 6.94. The van der Waals surface area contributed by atoms with E-state index < -0.39 is 0 Å². The lowest BCUT2D eigenvalue weighted by molar-refractivity contribution is 0.146. The van der Waals surface area contributed by atoms with Crippen molar-refractivity contribution in [2.45, 2.75) is 32.4 Å². The molecule has 0 aliphatic carbocycles. The molecule has 2 aliphatic heterocycles. The average Bonchev–Trinajstić information content (AvgIpc) is 2.39. The molecule has 2 aliphatic rings. The molecule has 2 saturated heterocycles. The summed E-state index contributed by atoms with van der Waals surface area (Å²) in [5.74, 6) is 0.596. The Hall–Kier alpha value is -1.40. The summed E-state index contributed by atoms with van der Waals surface area (Å²) in [5, 5.41) is 3.37. The van der Waals surface area contributed by atoms with Crippen molar-refractivity contribution in [3.05, 3.63) is 22.7 Å². The molecule has 0 saturated carbocycles. The first-order chi connectivity index (χ1) is 9.97. The maximum atomic E-state index is 12.6. The number of nitrogens with zero attached hydrogens (tertiary/aromatic N) is 4. The van der Waals surface area contributed by atoms with E-state index in [1.54, 1.807) is 17.0 Å². The van der Waals surface area contributed by atoms with Gasteiger partial charge < -0.3 is 14.8 Å². The maximum Gasteiger partial charge on any atom is 0.293 e. The first-order valence-corrected chi connectivity index (χ1v) is 7.74. The third-order valence-corrected chi connectivity index (χ3v) is 4.38. The van der Waals surface area contributed by atoms with E-state index in [4.69, 9.17) is 0 Å². The topological polar surface area (TPSA) is 53.4 Å². The minimum atomic E-state index is -0.211. The van der Waals surface area contributed by atoms with Gasteiger partial charge >= 0.3 is 0 Å². The average molecular weight is 291 g/mol. The quantitative estimate of drug-likeness (QED) is 0.837. The summed E-state index contributed by atoms with van der Waals surface area (Å²) in [5.41, 5.74) is -0.193. The van der Waals surface area contributed by atoms with Crippen LogP contribution in [0.15, 0.2) is 17.2 Å². The first-order valence-electron chi connectivity index (χ1n) is 7.74. The van der Waals surface area contributed by atoms with E-state index in [9.17, 15) is 4.79 Å². The van der Waals surface area contributed by atoms with Gasteiger partial charge in [-0.15, -0.1) is 0 Å². The van der Waals surface area contributed by atoms with Gasteiger partial charge in [0.1, 0.15) is 0 Å². The van der Waals surface area contributed by atoms with Crippen LogP contribution in [0.5, 0.6) is 0 Å². The Kier molecular flexibility index (Phi) is 3.75. The highest BCUT2D eigenvalue weighted by molar-refractivity contribution is 5.40. The van der Waals surface area contributed by atoms with Crippen LogP contribution in [0.3, 0.4) is 0 Å². The van der Waals surface area contributed by atoms with Gasteiger partial charge in [0.15, 0.2) is 5.82 Å². The van der Waals surface area contributed by atoms with Gasteiger partial charge in [0.05, 0.1) is 0 Å². The van der Waals surface area contributed by atoms with Gasteiger partial charge in [-0.1, -0.05) is 0 Å².